The number of likely N-dealkylation sites (tertiary alicyclic amines) is 1. The number of nitrogens with one attached hydrogen (secondary N) is 1. The van der Waals surface area contributed by atoms with E-state index in [1.54, 1.807) is 54.5 Å². The molecule has 172 valence electrons. The molecule has 1 unspecified atom stereocenters. The topological polar surface area (TPSA) is 105 Å². The smallest absolute Gasteiger partial charge is 0.271 e. The van der Waals surface area contributed by atoms with Gasteiger partial charge in [-0.15, -0.1) is 0 Å². The molecule has 1 N–H and O–H groups in total. The van der Waals surface area contributed by atoms with E-state index in [0.29, 0.717) is 30.2 Å². The maximum absolute atomic E-state index is 13.6. The van der Waals surface area contributed by atoms with E-state index >= 15 is 0 Å². The van der Waals surface area contributed by atoms with Crippen molar-refractivity contribution in [3.05, 3.63) is 72.1 Å². The Morgan fingerprint density at radius 3 is 2.67 bits per heavy atom. The standard InChI is InChI=1S/C23H24N4O5S/c1-31-18-8-6-17(7-9-18)14-27-16-23(32-20-4-2-3-5-21(20)33(27,29)30)11-13-26(15-23)22(28)19-10-12-24-25-19/h2-10,12H,11,13-16H2,1H3,(H,24,25). The molecule has 1 fully saturated rings. The molecule has 1 atom stereocenters. The van der Waals surface area contributed by atoms with Crippen molar-refractivity contribution in [2.45, 2.75) is 23.5 Å². The molecule has 1 amide bonds. The molecule has 2 aromatic carbocycles. The fourth-order valence-corrected chi connectivity index (χ4v) is 6.03. The molecule has 3 heterocycles. The minimum atomic E-state index is -3.82. The number of ether oxygens (including phenoxy) is 2. The summed E-state index contributed by atoms with van der Waals surface area (Å²) < 4.78 is 40.3. The highest BCUT2D eigenvalue weighted by Crippen LogP contribution is 2.39. The molecule has 5 rings (SSSR count). The van der Waals surface area contributed by atoms with E-state index in [2.05, 4.69) is 10.2 Å². The molecule has 10 heteroatoms. The van der Waals surface area contributed by atoms with Gasteiger partial charge in [-0.25, -0.2) is 8.42 Å². The van der Waals surface area contributed by atoms with Crippen LogP contribution in [0.3, 0.4) is 0 Å². The number of benzene rings is 2. The van der Waals surface area contributed by atoms with E-state index in [-0.39, 0.29) is 30.4 Å². The third kappa shape index (κ3) is 3.96. The predicted molar refractivity (Wildman–Crippen MR) is 119 cm³/mol. The Morgan fingerprint density at radius 2 is 1.94 bits per heavy atom. The third-order valence-electron chi connectivity index (χ3n) is 6.11. The Kier molecular flexibility index (Phi) is 5.34. The Balaban J connectivity index is 1.49. The second-order valence-corrected chi connectivity index (χ2v) is 10.2. The van der Waals surface area contributed by atoms with Gasteiger partial charge < -0.3 is 14.4 Å². The van der Waals surface area contributed by atoms with E-state index in [9.17, 15) is 13.2 Å². The zero-order valence-electron chi connectivity index (χ0n) is 18.1. The largest absolute Gasteiger partial charge is 0.497 e. The van der Waals surface area contributed by atoms with E-state index < -0.39 is 15.6 Å². The zero-order chi connectivity index (χ0) is 23.1. The van der Waals surface area contributed by atoms with Gasteiger partial charge in [0.05, 0.1) is 20.2 Å². The molecule has 9 nitrogen and oxygen atoms in total. The maximum Gasteiger partial charge on any atom is 0.271 e. The van der Waals surface area contributed by atoms with Gasteiger partial charge in [0, 0.05) is 25.7 Å². The molecule has 33 heavy (non-hydrogen) atoms. The van der Waals surface area contributed by atoms with E-state index in [1.165, 1.54) is 10.5 Å². The highest BCUT2D eigenvalue weighted by molar-refractivity contribution is 7.89. The van der Waals surface area contributed by atoms with Crippen molar-refractivity contribution in [1.29, 1.82) is 0 Å². The molecule has 1 saturated heterocycles. The van der Waals surface area contributed by atoms with Crippen LogP contribution in [-0.2, 0) is 16.6 Å². The summed E-state index contributed by atoms with van der Waals surface area (Å²) in [6, 6.07) is 15.6. The molecule has 0 saturated carbocycles. The summed E-state index contributed by atoms with van der Waals surface area (Å²) in [5, 5.41) is 6.55. The number of nitrogens with zero attached hydrogens (tertiary/aromatic N) is 3. The van der Waals surface area contributed by atoms with E-state index in [1.807, 2.05) is 12.1 Å². The zero-order valence-corrected chi connectivity index (χ0v) is 18.9. The summed E-state index contributed by atoms with van der Waals surface area (Å²) in [7, 11) is -2.23. The Hall–Kier alpha value is -3.37. The fourth-order valence-electron chi connectivity index (χ4n) is 4.41. The summed E-state index contributed by atoms with van der Waals surface area (Å²) >= 11 is 0. The minimum absolute atomic E-state index is 0.128. The van der Waals surface area contributed by atoms with Crippen LogP contribution in [-0.4, -0.2) is 66.1 Å². The summed E-state index contributed by atoms with van der Waals surface area (Å²) in [6.07, 6.45) is 2.04. The average Bonchev–Trinajstić information content (AvgIpc) is 3.48. The Labute approximate surface area is 192 Å². The quantitative estimate of drug-likeness (QED) is 0.630. The lowest BCUT2D eigenvalue weighted by atomic mass is 10.0. The number of H-pyrrole nitrogens is 1. The van der Waals surface area contributed by atoms with E-state index in [0.717, 1.165) is 5.56 Å². The van der Waals surface area contributed by atoms with Gasteiger partial charge >= 0.3 is 0 Å². The molecule has 2 aliphatic rings. The average molecular weight is 469 g/mol. The number of hydrogen-bond donors (Lipinski definition) is 1. The van der Waals surface area contributed by atoms with Crippen molar-refractivity contribution < 1.29 is 22.7 Å². The van der Waals surface area contributed by atoms with E-state index in [4.69, 9.17) is 9.47 Å². The second-order valence-electron chi connectivity index (χ2n) is 8.30. The summed E-state index contributed by atoms with van der Waals surface area (Å²) in [6.45, 7) is 1.04. The van der Waals surface area contributed by atoms with Gasteiger partial charge in [-0.1, -0.05) is 24.3 Å². The van der Waals surface area contributed by atoms with Crippen molar-refractivity contribution in [3.63, 3.8) is 0 Å². The molecule has 1 aromatic heterocycles. The first-order chi connectivity index (χ1) is 15.9. The van der Waals surface area contributed by atoms with Crippen LogP contribution in [0.15, 0.2) is 65.7 Å². The van der Waals surface area contributed by atoms with Crippen LogP contribution >= 0.6 is 0 Å². The monoisotopic (exact) mass is 468 g/mol. The number of carbonyl (C=O) groups excluding carboxylic acids is 1. The number of amides is 1. The van der Waals surface area contributed by atoms with Crippen molar-refractivity contribution in [1.82, 2.24) is 19.4 Å². The van der Waals surface area contributed by atoms with Crippen LogP contribution < -0.4 is 9.47 Å². The van der Waals surface area contributed by atoms with Gasteiger partial charge in [0.15, 0.2) is 0 Å². The first kappa shape index (κ1) is 21.5. The highest BCUT2D eigenvalue weighted by Gasteiger charge is 2.49. The van der Waals surface area contributed by atoms with Crippen LogP contribution in [0.25, 0.3) is 0 Å². The number of rotatable bonds is 4. The number of aromatic nitrogens is 2. The number of aromatic amines is 1. The number of methoxy groups -OCH3 is 1. The number of fused-ring (bicyclic) bond motifs is 1. The number of para-hydroxylation sites is 1. The number of hydrogen-bond acceptors (Lipinski definition) is 6. The normalized spacial score (nSPS) is 21.9. The highest BCUT2D eigenvalue weighted by atomic mass is 32.2. The third-order valence-corrected chi connectivity index (χ3v) is 7.94. The Morgan fingerprint density at radius 1 is 1.15 bits per heavy atom. The summed E-state index contributed by atoms with van der Waals surface area (Å²) in [4.78, 5) is 14.7. The van der Waals surface area contributed by atoms with Gasteiger partial charge in [-0.05, 0) is 35.9 Å². The molecule has 2 aliphatic heterocycles. The maximum atomic E-state index is 13.6. The molecule has 0 aliphatic carbocycles. The van der Waals surface area contributed by atoms with Crippen molar-refractivity contribution in [2.75, 3.05) is 26.7 Å². The molecular formula is C23H24N4O5S. The first-order valence-corrected chi connectivity index (χ1v) is 12.0. The summed E-state index contributed by atoms with van der Waals surface area (Å²) in [5.41, 5.74) is 0.364. The van der Waals surface area contributed by atoms with Gasteiger partial charge in [-0.2, -0.15) is 9.40 Å². The molecule has 0 bridgehead atoms. The second kappa shape index (κ2) is 8.20. The summed E-state index contributed by atoms with van der Waals surface area (Å²) in [5.74, 6) is 0.826. The van der Waals surface area contributed by atoms with Crippen LogP contribution in [0.4, 0.5) is 0 Å². The van der Waals surface area contributed by atoms with Gasteiger partial charge in [0.2, 0.25) is 10.0 Å². The SMILES string of the molecule is COc1ccc(CN2CC3(CCN(C(=O)c4ccn[nH]4)C3)Oc3ccccc3S2(=O)=O)cc1. The number of sulfonamides is 1. The lowest BCUT2D eigenvalue weighted by molar-refractivity contribution is 0.0507. The lowest BCUT2D eigenvalue weighted by Gasteiger charge is -2.32. The van der Waals surface area contributed by atoms with Crippen LogP contribution in [0.2, 0.25) is 0 Å². The van der Waals surface area contributed by atoms with Crippen LogP contribution in [0.5, 0.6) is 11.5 Å². The lowest BCUT2D eigenvalue weighted by Crippen LogP contribution is -2.49. The van der Waals surface area contributed by atoms with Crippen molar-refractivity contribution >= 4 is 15.9 Å². The first-order valence-electron chi connectivity index (χ1n) is 10.6. The van der Waals surface area contributed by atoms with Crippen molar-refractivity contribution in [2.24, 2.45) is 0 Å². The number of carbonyl (C=O) groups is 1. The van der Waals surface area contributed by atoms with Crippen molar-refractivity contribution in [3.8, 4) is 11.5 Å². The van der Waals surface area contributed by atoms with Gasteiger partial charge in [-0.3, -0.25) is 9.89 Å². The van der Waals surface area contributed by atoms with Crippen LogP contribution in [0, 0.1) is 0 Å². The molecule has 1 spiro atoms. The Bertz CT molecular complexity index is 1260. The fraction of sp³-hybridized carbons (Fsp3) is 0.304. The van der Waals surface area contributed by atoms with Crippen LogP contribution in [0.1, 0.15) is 22.5 Å². The molecular weight excluding hydrogens is 444 g/mol. The van der Waals surface area contributed by atoms with Gasteiger partial charge in [0.25, 0.3) is 5.91 Å². The minimum Gasteiger partial charge on any atom is -0.497 e. The molecule has 3 aromatic rings. The predicted octanol–water partition coefficient (Wildman–Crippen LogP) is 2.29. The van der Waals surface area contributed by atoms with Gasteiger partial charge in [0.1, 0.15) is 27.7 Å². The molecule has 0 radical (unpaired) electrons.